The lowest BCUT2D eigenvalue weighted by Crippen LogP contribution is -2.27. The SMILES string of the molecule is Cc1c(N)nc2[nH]c3c(c2c1C)CC(N)CC3. The third-order valence-electron chi connectivity index (χ3n) is 3.96. The van der Waals surface area contributed by atoms with E-state index in [1.54, 1.807) is 0 Å². The molecule has 0 fully saturated rings. The number of pyridine rings is 1. The maximum absolute atomic E-state index is 6.06. The van der Waals surface area contributed by atoms with Crippen LogP contribution in [0.3, 0.4) is 0 Å². The van der Waals surface area contributed by atoms with E-state index in [9.17, 15) is 0 Å². The molecule has 1 aliphatic carbocycles. The molecule has 4 heteroatoms. The molecule has 0 aliphatic heterocycles. The molecule has 2 heterocycles. The van der Waals surface area contributed by atoms with Gasteiger partial charge in [0.2, 0.25) is 0 Å². The van der Waals surface area contributed by atoms with Gasteiger partial charge in [-0.15, -0.1) is 0 Å². The molecule has 0 bridgehead atoms. The molecule has 4 nitrogen and oxygen atoms in total. The Morgan fingerprint density at radius 3 is 2.82 bits per heavy atom. The highest BCUT2D eigenvalue weighted by Gasteiger charge is 2.22. The molecule has 0 saturated carbocycles. The lowest BCUT2D eigenvalue weighted by molar-refractivity contribution is 0.574. The molecule has 0 radical (unpaired) electrons. The number of nitrogens with one attached hydrogen (secondary N) is 1. The Morgan fingerprint density at radius 1 is 1.29 bits per heavy atom. The number of anilines is 1. The van der Waals surface area contributed by atoms with Crippen molar-refractivity contribution in [3.8, 4) is 0 Å². The van der Waals surface area contributed by atoms with Crippen LogP contribution in [0.25, 0.3) is 11.0 Å². The van der Waals surface area contributed by atoms with Crippen molar-refractivity contribution in [2.45, 2.75) is 39.2 Å². The summed E-state index contributed by atoms with van der Waals surface area (Å²) in [6.45, 7) is 4.14. The van der Waals surface area contributed by atoms with Crippen LogP contribution in [0.4, 0.5) is 5.82 Å². The molecule has 90 valence electrons. The summed E-state index contributed by atoms with van der Waals surface area (Å²) in [7, 11) is 0. The first-order valence-corrected chi connectivity index (χ1v) is 6.09. The van der Waals surface area contributed by atoms with Gasteiger partial charge in [-0.1, -0.05) is 0 Å². The van der Waals surface area contributed by atoms with Gasteiger partial charge in [0.05, 0.1) is 0 Å². The summed E-state index contributed by atoms with van der Waals surface area (Å²) in [5.74, 6) is 0.623. The van der Waals surface area contributed by atoms with E-state index in [0.29, 0.717) is 5.82 Å². The predicted molar refractivity (Wildman–Crippen MR) is 70.0 cm³/mol. The first-order valence-electron chi connectivity index (χ1n) is 6.09. The van der Waals surface area contributed by atoms with Gasteiger partial charge in [0, 0.05) is 17.1 Å². The van der Waals surface area contributed by atoms with Gasteiger partial charge in [-0.2, -0.15) is 0 Å². The largest absolute Gasteiger partial charge is 0.383 e. The second-order valence-corrected chi connectivity index (χ2v) is 5.06. The van der Waals surface area contributed by atoms with Gasteiger partial charge >= 0.3 is 0 Å². The number of aryl methyl sites for hydroxylation is 2. The van der Waals surface area contributed by atoms with Crippen LogP contribution in [0, 0.1) is 13.8 Å². The zero-order chi connectivity index (χ0) is 12.2. The number of hydrogen-bond acceptors (Lipinski definition) is 3. The second-order valence-electron chi connectivity index (χ2n) is 5.06. The number of nitrogen functional groups attached to an aromatic ring is 1. The number of rotatable bonds is 0. The Labute approximate surface area is 100 Å². The van der Waals surface area contributed by atoms with Gasteiger partial charge in [0.15, 0.2) is 0 Å². The minimum atomic E-state index is 0.277. The van der Waals surface area contributed by atoms with Gasteiger partial charge < -0.3 is 16.5 Å². The Kier molecular flexibility index (Phi) is 2.16. The number of aromatic amines is 1. The monoisotopic (exact) mass is 230 g/mol. The fourth-order valence-electron chi connectivity index (χ4n) is 2.78. The number of fused-ring (bicyclic) bond motifs is 3. The molecule has 0 saturated heterocycles. The average Bonchev–Trinajstić information content (AvgIpc) is 2.63. The van der Waals surface area contributed by atoms with E-state index in [2.05, 4.69) is 16.9 Å². The highest BCUT2D eigenvalue weighted by Crippen LogP contribution is 2.32. The summed E-state index contributed by atoms with van der Waals surface area (Å²) >= 11 is 0. The van der Waals surface area contributed by atoms with Gasteiger partial charge in [-0.25, -0.2) is 4.98 Å². The molecule has 3 rings (SSSR count). The summed E-state index contributed by atoms with van der Waals surface area (Å²) < 4.78 is 0. The molecule has 0 amide bonds. The van der Waals surface area contributed by atoms with Crippen LogP contribution in [-0.2, 0) is 12.8 Å². The summed E-state index contributed by atoms with van der Waals surface area (Å²) in [5, 5.41) is 1.24. The van der Waals surface area contributed by atoms with E-state index in [-0.39, 0.29) is 6.04 Å². The lowest BCUT2D eigenvalue weighted by atomic mass is 9.91. The number of hydrogen-bond donors (Lipinski definition) is 3. The summed E-state index contributed by atoms with van der Waals surface area (Å²) in [6, 6.07) is 0.277. The highest BCUT2D eigenvalue weighted by molar-refractivity contribution is 5.88. The highest BCUT2D eigenvalue weighted by atomic mass is 14.9. The molecular weight excluding hydrogens is 212 g/mol. The zero-order valence-corrected chi connectivity index (χ0v) is 10.3. The molecular formula is C13H18N4. The molecule has 5 N–H and O–H groups in total. The number of H-pyrrole nitrogens is 1. The van der Waals surface area contributed by atoms with Crippen LogP contribution < -0.4 is 11.5 Å². The third kappa shape index (κ3) is 1.44. The Balaban J connectivity index is 2.34. The van der Waals surface area contributed by atoms with Gasteiger partial charge in [-0.3, -0.25) is 0 Å². The van der Waals surface area contributed by atoms with Gasteiger partial charge in [-0.05, 0) is 49.8 Å². The molecule has 1 aliphatic rings. The third-order valence-corrected chi connectivity index (χ3v) is 3.96. The molecule has 1 atom stereocenters. The van der Waals surface area contributed by atoms with E-state index >= 15 is 0 Å². The maximum atomic E-state index is 6.06. The standard InChI is InChI=1S/C13H18N4/c1-6-7(2)12(15)17-13-11(6)9-5-8(14)3-4-10(9)16-13/h8H,3-5,14H2,1-2H3,(H3,15,16,17). The topological polar surface area (TPSA) is 80.7 Å². The van der Waals surface area contributed by atoms with Crippen LogP contribution in [0.1, 0.15) is 28.8 Å². The van der Waals surface area contributed by atoms with Crippen LogP contribution in [0.15, 0.2) is 0 Å². The number of nitrogens with two attached hydrogens (primary N) is 2. The first kappa shape index (κ1) is 10.6. The molecule has 1 unspecified atom stereocenters. The van der Waals surface area contributed by atoms with Crippen molar-refractivity contribution >= 4 is 16.9 Å². The summed E-state index contributed by atoms with van der Waals surface area (Å²) in [4.78, 5) is 7.85. The smallest absolute Gasteiger partial charge is 0.140 e. The fourth-order valence-corrected chi connectivity index (χ4v) is 2.78. The number of nitrogens with zero attached hydrogens (tertiary/aromatic N) is 1. The van der Waals surface area contributed by atoms with E-state index < -0.39 is 0 Å². The van der Waals surface area contributed by atoms with Crippen LogP contribution in [-0.4, -0.2) is 16.0 Å². The number of aromatic nitrogens is 2. The first-order chi connectivity index (χ1) is 8.08. The van der Waals surface area contributed by atoms with Crippen molar-refractivity contribution in [1.82, 2.24) is 9.97 Å². The lowest BCUT2D eigenvalue weighted by Gasteiger charge is -2.18. The van der Waals surface area contributed by atoms with Crippen molar-refractivity contribution in [1.29, 1.82) is 0 Å². The Bertz CT molecular complexity index is 597. The van der Waals surface area contributed by atoms with Crippen LogP contribution in [0.2, 0.25) is 0 Å². The molecule has 17 heavy (non-hydrogen) atoms. The average molecular weight is 230 g/mol. The Hall–Kier alpha value is -1.55. The summed E-state index contributed by atoms with van der Waals surface area (Å²) in [5.41, 5.74) is 17.9. The maximum Gasteiger partial charge on any atom is 0.140 e. The quantitative estimate of drug-likeness (QED) is 0.642. The van der Waals surface area contributed by atoms with E-state index in [1.165, 1.54) is 22.2 Å². The fraction of sp³-hybridized carbons (Fsp3) is 0.462. The summed E-state index contributed by atoms with van der Waals surface area (Å²) in [6.07, 6.45) is 3.01. The van der Waals surface area contributed by atoms with Crippen molar-refractivity contribution in [3.05, 3.63) is 22.4 Å². The van der Waals surface area contributed by atoms with Crippen molar-refractivity contribution in [3.63, 3.8) is 0 Å². The molecule has 0 aromatic carbocycles. The van der Waals surface area contributed by atoms with Crippen molar-refractivity contribution in [2.24, 2.45) is 5.73 Å². The molecule has 2 aromatic rings. The molecule has 2 aromatic heterocycles. The molecule has 0 spiro atoms. The minimum Gasteiger partial charge on any atom is -0.383 e. The normalized spacial score (nSPS) is 19.6. The van der Waals surface area contributed by atoms with E-state index in [0.717, 1.165) is 30.5 Å². The van der Waals surface area contributed by atoms with E-state index in [1.807, 2.05) is 6.92 Å². The van der Waals surface area contributed by atoms with Crippen LogP contribution in [0.5, 0.6) is 0 Å². The van der Waals surface area contributed by atoms with E-state index in [4.69, 9.17) is 11.5 Å². The minimum absolute atomic E-state index is 0.277. The predicted octanol–water partition coefficient (Wildman–Crippen LogP) is 1.58. The van der Waals surface area contributed by atoms with Crippen molar-refractivity contribution in [2.75, 3.05) is 5.73 Å². The Morgan fingerprint density at radius 2 is 2.06 bits per heavy atom. The zero-order valence-electron chi connectivity index (χ0n) is 10.3. The van der Waals surface area contributed by atoms with Gasteiger partial charge in [0.1, 0.15) is 11.5 Å². The van der Waals surface area contributed by atoms with Crippen molar-refractivity contribution < 1.29 is 0 Å². The van der Waals surface area contributed by atoms with Gasteiger partial charge in [0.25, 0.3) is 0 Å². The van der Waals surface area contributed by atoms with Crippen LogP contribution >= 0.6 is 0 Å². The second kappa shape index (κ2) is 3.47.